The largest absolute Gasteiger partial charge is 0.493 e. The van der Waals surface area contributed by atoms with Crippen molar-refractivity contribution in [1.82, 2.24) is 0 Å². The van der Waals surface area contributed by atoms with E-state index in [9.17, 15) is 9.59 Å². The van der Waals surface area contributed by atoms with Crippen molar-refractivity contribution in [3.05, 3.63) is 35.9 Å². The summed E-state index contributed by atoms with van der Waals surface area (Å²) in [6.07, 6.45) is 7.31. The number of hydrogen-bond donors (Lipinski definition) is 1. The van der Waals surface area contributed by atoms with Crippen molar-refractivity contribution in [2.24, 2.45) is 11.7 Å². The molecule has 0 atom stereocenters. The molecule has 1 amide bonds. The average Bonchev–Trinajstić information content (AvgIpc) is 2.50. The monoisotopic (exact) mass is 319 g/mol. The van der Waals surface area contributed by atoms with E-state index in [1.807, 2.05) is 0 Å². The molecule has 1 rings (SSSR count). The topological polar surface area (TPSA) is 78.6 Å². The molecule has 1 aromatic carbocycles. The van der Waals surface area contributed by atoms with E-state index in [-0.39, 0.29) is 5.97 Å². The molecule has 0 bridgehead atoms. The van der Waals surface area contributed by atoms with Crippen LogP contribution in [0.4, 0.5) is 0 Å². The van der Waals surface area contributed by atoms with Crippen LogP contribution >= 0.6 is 0 Å². The van der Waals surface area contributed by atoms with Gasteiger partial charge in [-0.2, -0.15) is 0 Å². The summed E-state index contributed by atoms with van der Waals surface area (Å²) in [7, 11) is 1.44. The number of unbranched alkanes of at least 4 members (excludes halogenated alkanes) is 2. The van der Waals surface area contributed by atoms with E-state index in [4.69, 9.17) is 15.2 Å². The molecule has 0 heterocycles. The SMILES string of the molecule is COc1cc(C(N)=O)ccc1OC(=O)CCCCC=CC(C)C. The number of carbonyl (C=O) groups is 2. The maximum absolute atomic E-state index is 11.9. The van der Waals surface area contributed by atoms with Gasteiger partial charge in [0.1, 0.15) is 0 Å². The first kappa shape index (κ1) is 18.7. The van der Waals surface area contributed by atoms with E-state index in [2.05, 4.69) is 26.0 Å². The van der Waals surface area contributed by atoms with Crippen molar-refractivity contribution in [1.29, 1.82) is 0 Å². The van der Waals surface area contributed by atoms with Gasteiger partial charge in [-0.1, -0.05) is 26.0 Å². The fourth-order valence-electron chi connectivity index (χ4n) is 1.98. The molecule has 0 aliphatic rings. The number of amides is 1. The van der Waals surface area contributed by atoms with Crippen LogP contribution in [-0.4, -0.2) is 19.0 Å². The second-order valence-corrected chi connectivity index (χ2v) is 5.62. The van der Waals surface area contributed by atoms with Crippen molar-refractivity contribution < 1.29 is 19.1 Å². The molecule has 0 saturated heterocycles. The number of rotatable bonds is 9. The number of ether oxygens (including phenoxy) is 2. The van der Waals surface area contributed by atoms with Gasteiger partial charge in [0.15, 0.2) is 11.5 Å². The predicted octanol–water partition coefficient (Wildman–Crippen LogP) is 3.47. The van der Waals surface area contributed by atoms with Crippen LogP contribution in [0.2, 0.25) is 0 Å². The van der Waals surface area contributed by atoms with Gasteiger partial charge in [-0.15, -0.1) is 0 Å². The number of primary amides is 1. The Morgan fingerprint density at radius 1 is 1.22 bits per heavy atom. The summed E-state index contributed by atoms with van der Waals surface area (Å²) in [6.45, 7) is 4.26. The molecule has 0 aromatic heterocycles. The van der Waals surface area contributed by atoms with E-state index in [1.165, 1.54) is 25.3 Å². The van der Waals surface area contributed by atoms with Gasteiger partial charge in [0.2, 0.25) is 5.91 Å². The Balaban J connectivity index is 2.46. The number of benzene rings is 1. The van der Waals surface area contributed by atoms with Gasteiger partial charge >= 0.3 is 5.97 Å². The van der Waals surface area contributed by atoms with Crippen molar-refractivity contribution in [2.45, 2.75) is 39.5 Å². The first-order valence-corrected chi connectivity index (χ1v) is 7.79. The van der Waals surface area contributed by atoms with Crippen LogP contribution in [-0.2, 0) is 4.79 Å². The molecule has 0 radical (unpaired) electrons. The second-order valence-electron chi connectivity index (χ2n) is 5.62. The maximum atomic E-state index is 11.9. The minimum Gasteiger partial charge on any atom is -0.493 e. The van der Waals surface area contributed by atoms with Gasteiger partial charge < -0.3 is 15.2 Å². The standard InChI is InChI=1S/C18H25NO4/c1-13(2)8-6-4-5-7-9-17(20)23-15-11-10-14(18(19)21)12-16(15)22-3/h6,8,10-13H,4-5,7,9H2,1-3H3,(H2,19,21). The molecule has 23 heavy (non-hydrogen) atoms. The van der Waals surface area contributed by atoms with Gasteiger partial charge in [-0.3, -0.25) is 9.59 Å². The highest BCUT2D eigenvalue weighted by molar-refractivity contribution is 5.93. The highest BCUT2D eigenvalue weighted by Crippen LogP contribution is 2.28. The van der Waals surface area contributed by atoms with Gasteiger partial charge in [0.05, 0.1) is 7.11 Å². The summed E-state index contributed by atoms with van der Waals surface area (Å²) in [6, 6.07) is 4.48. The third-order valence-corrected chi connectivity index (χ3v) is 3.19. The quantitative estimate of drug-likeness (QED) is 0.327. The van der Waals surface area contributed by atoms with Gasteiger partial charge in [0, 0.05) is 12.0 Å². The first-order chi connectivity index (χ1) is 10.9. The Bertz CT molecular complexity index is 564. The fraction of sp³-hybridized carbons (Fsp3) is 0.444. The van der Waals surface area contributed by atoms with Crippen LogP contribution in [0, 0.1) is 5.92 Å². The summed E-state index contributed by atoms with van der Waals surface area (Å²) in [5.74, 6) is 0.283. The molecule has 2 N–H and O–H groups in total. The molecule has 1 aromatic rings. The Labute approximate surface area is 137 Å². The van der Waals surface area contributed by atoms with Crippen LogP contribution in [0.5, 0.6) is 11.5 Å². The Hall–Kier alpha value is -2.30. The van der Waals surface area contributed by atoms with Gasteiger partial charge in [0.25, 0.3) is 0 Å². The molecule has 5 nitrogen and oxygen atoms in total. The smallest absolute Gasteiger partial charge is 0.311 e. The van der Waals surface area contributed by atoms with Gasteiger partial charge in [-0.05, 0) is 43.4 Å². The molecule has 0 fully saturated rings. The predicted molar refractivity (Wildman–Crippen MR) is 89.6 cm³/mol. The number of carbonyl (C=O) groups excluding carboxylic acids is 2. The minimum atomic E-state index is -0.560. The van der Waals surface area contributed by atoms with Crippen molar-refractivity contribution >= 4 is 11.9 Å². The normalized spacial score (nSPS) is 11.0. The maximum Gasteiger partial charge on any atom is 0.311 e. The third-order valence-electron chi connectivity index (χ3n) is 3.19. The fourth-order valence-corrected chi connectivity index (χ4v) is 1.98. The third kappa shape index (κ3) is 7.00. The molecule has 5 heteroatoms. The van der Waals surface area contributed by atoms with Crippen LogP contribution in [0.3, 0.4) is 0 Å². The van der Waals surface area contributed by atoms with Crippen molar-refractivity contribution in [3.8, 4) is 11.5 Å². The Morgan fingerprint density at radius 3 is 2.57 bits per heavy atom. The number of nitrogens with two attached hydrogens (primary N) is 1. The molecule has 0 spiro atoms. The molecule has 0 unspecified atom stereocenters. The highest BCUT2D eigenvalue weighted by atomic mass is 16.6. The zero-order valence-corrected chi connectivity index (χ0v) is 14.0. The van der Waals surface area contributed by atoms with E-state index >= 15 is 0 Å². The zero-order chi connectivity index (χ0) is 17.2. The molecule has 0 saturated carbocycles. The second kappa shape index (κ2) is 9.66. The summed E-state index contributed by atoms with van der Waals surface area (Å²) < 4.78 is 10.4. The molecule has 126 valence electrons. The molecular formula is C18H25NO4. The first-order valence-electron chi connectivity index (χ1n) is 7.79. The molecule has 0 aliphatic carbocycles. The minimum absolute atomic E-state index is 0.294. The van der Waals surface area contributed by atoms with Gasteiger partial charge in [-0.25, -0.2) is 0 Å². The summed E-state index contributed by atoms with van der Waals surface area (Å²) >= 11 is 0. The van der Waals surface area contributed by atoms with E-state index in [0.717, 1.165) is 19.3 Å². The Morgan fingerprint density at radius 2 is 1.96 bits per heavy atom. The van der Waals surface area contributed by atoms with Crippen LogP contribution < -0.4 is 15.2 Å². The van der Waals surface area contributed by atoms with E-state index in [1.54, 1.807) is 0 Å². The summed E-state index contributed by atoms with van der Waals surface area (Å²) in [5.41, 5.74) is 5.51. The lowest BCUT2D eigenvalue weighted by Gasteiger charge is -2.10. The summed E-state index contributed by atoms with van der Waals surface area (Å²) in [4.78, 5) is 23.0. The van der Waals surface area contributed by atoms with Crippen LogP contribution in [0.15, 0.2) is 30.4 Å². The van der Waals surface area contributed by atoms with Crippen LogP contribution in [0.1, 0.15) is 49.9 Å². The average molecular weight is 319 g/mol. The summed E-state index contributed by atoms with van der Waals surface area (Å²) in [5, 5.41) is 0. The molecule has 0 aliphatic heterocycles. The number of hydrogen-bond acceptors (Lipinski definition) is 4. The lowest BCUT2D eigenvalue weighted by molar-refractivity contribution is -0.134. The van der Waals surface area contributed by atoms with Crippen molar-refractivity contribution in [2.75, 3.05) is 7.11 Å². The highest BCUT2D eigenvalue weighted by Gasteiger charge is 2.12. The lowest BCUT2D eigenvalue weighted by Crippen LogP contribution is -2.12. The molecular weight excluding hydrogens is 294 g/mol. The number of methoxy groups -OCH3 is 1. The number of allylic oxidation sites excluding steroid dienone is 2. The lowest BCUT2D eigenvalue weighted by atomic mass is 10.1. The van der Waals surface area contributed by atoms with Crippen LogP contribution in [0.25, 0.3) is 0 Å². The Kier molecular flexibility index (Phi) is 7.88. The number of esters is 1. The van der Waals surface area contributed by atoms with E-state index < -0.39 is 5.91 Å². The van der Waals surface area contributed by atoms with E-state index in [0.29, 0.717) is 29.4 Å². The zero-order valence-electron chi connectivity index (χ0n) is 14.0. The van der Waals surface area contributed by atoms with Crippen molar-refractivity contribution in [3.63, 3.8) is 0 Å².